The van der Waals surface area contributed by atoms with Crippen LogP contribution >= 0.6 is 0 Å². The quantitative estimate of drug-likeness (QED) is 0.617. The highest BCUT2D eigenvalue weighted by molar-refractivity contribution is 5.92. The van der Waals surface area contributed by atoms with E-state index in [-0.39, 0.29) is 6.10 Å². The molecule has 0 spiro atoms. The van der Waals surface area contributed by atoms with Gasteiger partial charge >= 0.3 is 0 Å². The zero-order valence-electron chi connectivity index (χ0n) is 13.3. The van der Waals surface area contributed by atoms with Crippen LogP contribution in [0.5, 0.6) is 11.5 Å². The third-order valence-corrected chi connectivity index (χ3v) is 3.46. The van der Waals surface area contributed by atoms with Crippen molar-refractivity contribution in [3.05, 3.63) is 18.2 Å². The Morgan fingerprint density at radius 1 is 1.41 bits per heavy atom. The number of benzene rings is 1. The molecule has 1 fully saturated rings. The summed E-state index contributed by atoms with van der Waals surface area (Å²) in [6.45, 7) is 3.10. The SMILES string of the molecule is COc1ccc(NC(N)=NCC2CN(C)CCO2)cc1OC. The van der Waals surface area contributed by atoms with E-state index in [4.69, 9.17) is 19.9 Å². The number of nitrogens with one attached hydrogen (secondary N) is 1. The smallest absolute Gasteiger partial charge is 0.193 e. The van der Waals surface area contributed by atoms with E-state index >= 15 is 0 Å². The van der Waals surface area contributed by atoms with Gasteiger partial charge in [-0.15, -0.1) is 0 Å². The van der Waals surface area contributed by atoms with E-state index in [2.05, 4.69) is 22.3 Å². The number of guanidine groups is 1. The second-order valence-electron chi connectivity index (χ2n) is 5.18. The second kappa shape index (κ2) is 7.86. The van der Waals surface area contributed by atoms with Crippen LogP contribution < -0.4 is 20.5 Å². The predicted octanol–water partition coefficient (Wildman–Crippen LogP) is 0.761. The van der Waals surface area contributed by atoms with Gasteiger partial charge in [-0.3, -0.25) is 4.99 Å². The lowest BCUT2D eigenvalue weighted by Crippen LogP contribution is -2.41. The van der Waals surface area contributed by atoms with Gasteiger partial charge in [0.25, 0.3) is 0 Å². The summed E-state index contributed by atoms with van der Waals surface area (Å²) in [6.07, 6.45) is 0.0875. The van der Waals surface area contributed by atoms with Gasteiger partial charge in [0.15, 0.2) is 17.5 Å². The molecule has 1 aromatic carbocycles. The lowest BCUT2D eigenvalue weighted by Gasteiger charge is -2.29. The van der Waals surface area contributed by atoms with Crippen molar-refractivity contribution < 1.29 is 14.2 Å². The van der Waals surface area contributed by atoms with Crippen molar-refractivity contribution in [1.29, 1.82) is 0 Å². The molecule has 1 aliphatic heterocycles. The van der Waals surface area contributed by atoms with Crippen molar-refractivity contribution in [2.75, 3.05) is 52.8 Å². The van der Waals surface area contributed by atoms with Gasteiger partial charge in [-0.2, -0.15) is 0 Å². The van der Waals surface area contributed by atoms with Crippen LogP contribution in [0, 0.1) is 0 Å². The molecule has 1 aromatic rings. The van der Waals surface area contributed by atoms with Crippen molar-refractivity contribution in [3.8, 4) is 11.5 Å². The number of nitrogens with two attached hydrogens (primary N) is 1. The highest BCUT2D eigenvalue weighted by Crippen LogP contribution is 2.29. The number of aliphatic imine (C=N–C) groups is 1. The summed E-state index contributed by atoms with van der Waals surface area (Å²) >= 11 is 0. The number of likely N-dealkylation sites (N-methyl/N-ethyl adjacent to an activating group) is 1. The number of nitrogens with zero attached hydrogens (tertiary/aromatic N) is 2. The fourth-order valence-electron chi connectivity index (χ4n) is 2.28. The van der Waals surface area contributed by atoms with E-state index in [0.717, 1.165) is 25.4 Å². The standard InChI is InChI=1S/C15H24N4O3/c1-19-6-7-22-12(10-19)9-17-15(16)18-11-4-5-13(20-2)14(8-11)21-3/h4-5,8,12H,6-7,9-10H2,1-3H3,(H3,16,17,18). The summed E-state index contributed by atoms with van der Waals surface area (Å²) in [5.74, 6) is 1.66. The number of morpholine rings is 1. The fourth-order valence-corrected chi connectivity index (χ4v) is 2.28. The Labute approximate surface area is 131 Å². The molecule has 0 bridgehead atoms. The molecule has 122 valence electrons. The molecule has 1 aliphatic rings. The molecule has 1 saturated heterocycles. The van der Waals surface area contributed by atoms with Gasteiger partial charge in [-0.05, 0) is 19.2 Å². The first kappa shape index (κ1) is 16.4. The number of ether oxygens (including phenoxy) is 3. The zero-order chi connectivity index (χ0) is 15.9. The van der Waals surface area contributed by atoms with Crippen molar-refractivity contribution in [3.63, 3.8) is 0 Å². The van der Waals surface area contributed by atoms with Crippen LogP contribution in [-0.2, 0) is 4.74 Å². The fraction of sp³-hybridized carbons (Fsp3) is 0.533. The minimum absolute atomic E-state index is 0.0875. The molecule has 1 unspecified atom stereocenters. The molecule has 22 heavy (non-hydrogen) atoms. The molecule has 7 nitrogen and oxygen atoms in total. The third-order valence-electron chi connectivity index (χ3n) is 3.46. The normalized spacial score (nSPS) is 19.8. The molecule has 1 heterocycles. The first-order valence-corrected chi connectivity index (χ1v) is 7.21. The number of anilines is 1. The van der Waals surface area contributed by atoms with Crippen molar-refractivity contribution in [2.24, 2.45) is 10.7 Å². The van der Waals surface area contributed by atoms with Gasteiger partial charge < -0.3 is 30.2 Å². The van der Waals surface area contributed by atoms with Gasteiger partial charge in [0, 0.05) is 24.8 Å². The Balaban J connectivity index is 1.93. The minimum Gasteiger partial charge on any atom is -0.493 e. The first-order chi connectivity index (χ1) is 10.6. The van der Waals surface area contributed by atoms with Crippen LogP contribution in [0.4, 0.5) is 5.69 Å². The first-order valence-electron chi connectivity index (χ1n) is 7.21. The summed E-state index contributed by atoms with van der Waals surface area (Å²) < 4.78 is 16.1. The van der Waals surface area contributed by atoms with Gasteiger partial charge in [0.05, 0.1) is 33.5 Å². The molecule has 0 radical (unpaired) electrons. The van der Waals surface area contributed by atoms with E-state index in [9.17, 15) is 0 Å². The van der Waals surface area contributed by atoms with Crippen LogP contribution in [-0.4, -0.2) is 64.5 Å². The summed E-state index contributed by atoms with van der Waals surface area (Å²) in [7, 11) is 5.27. The average Bonchev–Trinajstić information content (AvgIpc) is 2.53. The number of methoxy groups -OCH3 is 2. The van der Waals surface area contributed by atoms with Crippen molar-refractivity contribution in [2.45, 2.75) is 6.10 Å². The van der Waals surface area contributed by atoms with E-state index in [1.807, 2.05) is 18.2 Å². The monoisotopic (exact) mass is 308 g/mol. The highest BCUT2D eigenvalue weighted by Gasteiger charge is 2.17. The number of rotatable bonds is 5. The van der Waals surface area contributed by atoms with Gasteiger partial charge in [0.1, 0.15) is 0 Å². The van der Waals surface area contributed by atoms with Crippen LogP contribution in [0.25, 0.3) is 0 Å². The Kier molecular flexibility index (Phi) is 5.85. The maximum Gasteiger partial charge on any atom is 0.193 e. The largest absolute Gasteiger partial charge is 0.493 e. The zero-order valence-corrected chi connectivity index (χ0v) is 13.3. The topological polar surface area (TPSA) is 81.3 Å². The minimum atomic E-state index is 0.0875. The summed E-state index contributed by atoms with van der Waals surface area (Å²) in [5.41, 5.74) is 6.71. The Bertz CT molecular complexity index is 522. The Morgan fingerprint density at radius 3 is 2.86 bits per heavy atom. The summed E-state index contributed by atoms with van der Waals surface area (Å²) in [5, 5.41) is 3.04. The van der Waals surface area contributed by atoms with Gasteiger partial charge in [-0.1, -0.05) is 0 Å². The molecule has 3 N–H and O–H groups in total. The predicted molar refractivity (Wildman–Crippen MR) is 86.9 cm³/mol. The molecule has 1 atom stereocenters. The third kappa shape index (κ3) is 4.51. The molecule has 7 heteroatoms. The van der Waals surface area contributed by atoms with Crippen molar-refractivity contribution >= 4 is 11.6 Å². The molecule has 0 amide bonds. The molecular formula is C15H24N4O3. The van der Waals surface area contributed by atoms with Crippen LogP contribution in [0.15, 0.2) is 23.2 Å². The van der Waals surface area contributed by atoms with Crippen LogP contribution in [0.1, 0.15) is 0 Å². The number of hydrogen-bond donors (Lipinski definition) is 2. The maximum absolute atomic E-state index is 5.92. The highest BCUT2D eigenvalue weighted by atomic mass is 16.5. The molecule has 0 aliphatic carbocycles. The second-order valence-corrected chi connectivity index (χ2v) is 5.18. The summed E-state index contributed by atoms with van der Waals surface area (Å²) in [4.78, 5) is 6.56. The van der Waals surface area contributed by atoms with Gasteiger partial charge in [0.2, 0.25) is 0 Å². The maximum atomic E-state index is 5.92. The molecule has 0 saturated carbocycles. The van der Waals surface area contributed by atoms with E-state index in [1.54, 1.807) is 14.2 Å². The van der Waals surface area contributed by atoms with E-state index in [1.165, 1.54) is 0 Å². The number of hydrogen-bond acceptors (Lipinski definition) is 5. The molecular weight excluding hydrogens is 284 g/mol. The summed E-state index contributed by atoms with van der Waals surface area (Å²) in [6, 6.07) is 5.48. The lowest BCUT2D eigenvalue weighted by molar-refractivity contribution is -0.0136. The average molecular weight is 308 g/mol. The lowest BCUT2D eigenvalue weighted by atomic mass is 10.2. The van der Waals surface area contributed by atoms with Crippen LogP contribution in [0.2, 0.25) is 0 Å². The Hall–Kier alpha value is -1.99. The van der Waals surface area contributed by atoms with E-state index in [0.29, 0.717) is 24.0 Å². The Morgan fingerprint density at radius 2 is 2.18 bits per heavy atom. The molecule has 0 aromatic heterocycles. The molecule has 2 rings (SSSR count). The van der Waals surface area contributed by atoms with Gasteiger partial charge in [-0.25, -0.2) is 0 Å². The van der Waals surface area contributed by atoms with Crippen molar-refractivity contribution in [1.82, 2.24) is 4.90 Å². The van der Waals surface area contributed by atoms with Crippen LogP contribution in [0.3, 0.4) is 0 Å². The van der Waals surface area contributed by atoms with E-state index < -0.39 is 0 Å².